The highest BCUT2D eigenvalue weighted by Crippen LogP contribution is 2.27. The van der Waals surface area contributed by atoms with Gasteiger partial charge in [0, 0.05) is 32.0 Å². The van der Waals surface area contributed by atoms with Crippen LogP contribution >= 0.6 is 0 Å². The van der Waals surface area contributed by atoms with Crippen molar-refractivity contribution in [2.24, 2.45) is 0 Å². The van der Waals surface area contributed by atoms with Crippen molar-refractivity contribution in [1.29, 1.82) is 0 Å². The molecule has 5 heterocycles. The molecule has 5 rings (SSSR count). The molecule has 3 aromatic heterocycles. The number of nitrogens with one attached hydrogen (secondary N) is 2. The van der Waals surface area contributed by atoms with Crippen LogP contribution in [0.1, 0.15) is 25.7 Å². The van der Waals surface area contributed by atoms with Gasteiger partial charge in [-0.25, -0.2) is 19.4 Å². The Morgan fingerprint density at radius 1 is 1.13 bits per heavy atom. The number of likely N-dealkylation sites (tertiary alicyclic amines) is 1. The number of rotatable bonds is 6. The van der Waals surface area contributed by atoms with Crippen molar-refractivity contribution in [1.82, 2.24) is 34.6 Å². The number of H-pyrrole nitrogens is 2. The molecule has 0 radical (unpaired) electrons. The topological polar surface area (TPSA) is 125 Å². The third-order valence-corrected chi connectivity index (χ3v) is 6.00. The van der Waals surface area contributed by atoms with Gasteiger partial charge in [0.1, 0.15) is 17.8 Å². The van der Waals surface area contributed by atoms with Gasteiger partial charge in [-0.3, -0.25) is 9.78 Å². The third kappa shape index (κ3) is 4.23. The summed E-state index contributed by atoms with van der Waals surface area (Å²) >= 11 is 0. The Morgan fingerprint density at radius 3 is 2.84 bits per heavy atom. The molecular formula is C20H26N8O3. The smallest absolute Gasteiger partial charge is 0.325 e. The van der Waals surface area contributed by atoms with E-state index in [2.05, 4.69) is 34.8 Å². The van der Waals surface area contributed by atoms with Crippen LogP contribution in [0.25, 0.3) is 16.7 Å². The molecule has 1 atom stereocenters. The molecule has 1 unspecified atom stereocenters. The molecule has 2 fully saturated rings. The molecule has 0 amide bonds. The predicted octanol–water partition coefficient (Wildman–Crippen LogP) is 0.273. The van der Waals surface area contributed by atoms with Crippen molar-refractivity contribution >= 4 is 16.9 Å². The monoisotopic (exact) mass is 426 g/mol. The molecule has 3 aromatic rings. The molecule has 2 aliphatic rings. The van der Waals surface area contributed by atoms with E-state index in [1.54, 1.807) is 6.20 Å². The molecular weight excluding hydrogens is 400 g/mol. The highest BCUT2D eigenvalue weighted by molar-refractivity contribution is 5.86. The van der Waals surface area contributed by atoms with Gasteiger partial charge < -0.3 is 19.5 Å². The lowest BCUT2D eigenvalue weighted by atomic mass is 10.1. The molecule has 0 spiro atoms. The SMILES string of the molecule is O=c1[nH]cc(-n2cc3c(N4CCC(OCCN5CCCCC5)C4)ncnc3n2)c(=O)[nH]1. The molecule has 11 heteroatoms. The minimum absolute atomic E-state index is 0.173. The molecule has 31 heavy (non-hydrogen) atoms. The number of aromatic amines is 2. The van der Waals surface area contributed by atoms with E-state index >= 15 is 0 Å². The molecule has 0 saturated carbocycles. The zero-order valence-corrected chi connectivity index (χ0v) is 17.3. The summed E-state index contributed by atoms with van der Waals surface area (Å²) in [4.78, 5) is 41.4. The summed E-state index contributed by atoms with van der Waals surface area (Å²) in [5, 5.41) is 5.14. The molecule has 0 aromatic carbocycles. The zero-order valence-electron chi connectivity index (χ0n) is 17.3. The summed E-state index contributed by atoms with van der Waals surface area (Å²) in [7, 11) is 0. The number of fused-ring (bicyclic) bond motifs is 1. The first-order valence-electron chi connectivity index (χ1n) is 10.8. The normalized spacial score (nSPS) is 20.0. The second-order valence-electron chi connectivity index (χ2n) is 8.10. The van der Waals surface area contributed by atoms with E-state index in [1.165, 1.54) is 49.6 Å². The van der Waals surface area contributed by atoms with Gasteiger partial charge in [-0.1, -0.05) is 6.42 Å². The minimum atomic E-state index is -0.561. The van der Waals surface area contributed by atoms with Gasteiger partial charge in [0.15, 0.2) is 5.65 Å². The van der Waals surface area contributed by atoms with Crippen molar-refractivity contribution in [3.8, 4) is 5.69 Å². The van der Waals surface area contributed by atoms with Crippen LogP contribution in [0.2, 0.25) is 0 Å². The van der Waals surface area contributed by atoms with E-state index in [0.717, 1.165) is 43.9 Å². The number of nitrogens with zero attached hydrogens (tertiary/aromatic N) is 6. The molecule has 2 N–H and O–H groups in total. The van der Waals surface area contributed by atoms with Gasteiger partial charge in [-0.2, -0.15) is 0 Å². The number of ether oxygens (including phenoxy) is 1. The summed E-state index contributed by atoms with van der Waals surface area (Å²) < 4.78 is 7.56. The maximum Gasteiger partial charge on any atom is 0.325 e. The van der Waals surface area contributed by atoms with Gasteiger partial charge >= 0.3 is 5.69 Å². The van der Waals surface area contributed by atoms with Crippen molar-refractivity contribution < 1.29 is 4.74 Å². The number of anilines is 1. The number of hydrogen-bond donors (Lipinski definition) is 2. The lowest BCUT2D eigenvalue weighted by Crippen LogP contribution is -2.34. The summed E-state index contributed by atoms with van der Waals surface area (Å²) in [5.41, 5.74) is -0.377. The van der Waals surface area contributed by atoms with Gasteiger partial charge in [0.2, 0.25) is 0 Å². The van der Waals surface area contributed by atoms with Crippen LogP contribution in [0.4, 0.5) is 5.82 Å². The maximum absolute atomic E-state index is 12.1. The molecule has 164 valence electrons. The van der Waals surface area contributed by atoms with Crippen LogP contribution in [0.15, 0.2) is 28.3 Å². The highest BCUT2D eigenvalue weighted by atomic mass is 16.5. The lowest BCUT2D eigenvalue weighted by molar-refractivity contribution is 0.0467. The largest absolute Gasteiger partial charge is 0.375 e. The van der Waals surface area contributed by atoms with Crippen LogP contribution in [0, 0.1) is 0 Å². The van der Waals surface area contributed by atoms with Crippen LogP contribution in [0.5, 0.6) is 0 Å². The average molecular weight is 426 g/mol. The van der Waals surface area contributed by atoms with E-state index in [9.17, 15) is 9.59 Å². The fourth-order valence-electron chi connectivity index (χ4n) is 4.36. The fourth-order valence-corrected chi connectivity index (χ4v) is 4.36. The first-order valence-corrected chi connectivity index (χ1v) is 10.8. The third-order valence-electron chi connectivity index (χ3n) is 6.00. The summed E-state index contributed by atoms with van der Waals surface area (Å²) in [6, 6.07) is 0. The number of hydrogen-bond acceptors (Lipinski definition) is 8. The van der Waals surface area contributed by atoms with Crippen molar-refractivity contribution in [2.75, 3.05) is 44.2 Å². The average Bonchev–Trinajstić information content (AvgIpc) is 3.41. The van der Waals surface area contributed by atoms with E-state index in [0.29, 0.717) is 5.65 Å². The van der Waals surface area contributed by atoms with E-state index < -0.39 is 11.2 Å². The molecule has 2 aliphatic heterocycles. The predicted molar refractivity (Wildman–Crippen MR) is 115 cm³/mol. The second kappa shape index (κ2) is 8.60. The van der Waals surface area contributed by atoms with Crippen molar-refractivity contribution in [2.45, 2.75) is 31.8 Å². The van der Waals surface area contributed by atoms with Crippen molar-refractivity contribution in [3.63, 3.8) is 0 Å². The van der Waals surface area contributed by atoms with Crippen LogP contribution in [-0.2, 0) is 4.74 Å². The van der Waals surface area contributed by atoms with Gasteiger partial charge in [-0.15, -0.1) is 5.10 Å². The second-order valence-corrected chi connectivity index (χ2v) is 8.10. The quantitative estimate of drug-likeness (QED) is 0.576. The molecule has 11 nitrogen and oxygen atoms in total. The van der Waals surface area contributed by atoms with Gasteiger partial charge in [-0.05, 0) is 32.4 Å². The van der Waals surface area contributed by atoms with E-state index in [1.807, 2.05) is 0 Å². The Hall–Kier alpha value is -3.05. The Morgan fingerprint density at radius 2 is 2.00 bits per heavy atom. The summed E-state index contributed by atoms with van der Waals surface area (Å²) in [6.45, 7) is 5.71. The minimum Gasteiger partial charge on any atom is -0.375 e. The van der Waals surface area contributed by atoms with Crippen LogP contribution in [0.3, 0.4) is 0 Å². The van der Waals surface area contributed by atoms with Crippen molar-refractivity contribution in [3.05, 3.63) is 39.6 Å². The number of aromatic nitrogens is 6. The lowest BCUT2D eigenvalue weighted by Gasteiger charge is -2.26. The first-order chi connectivity index (χ1) is 15.2. The van der Waals surface area contributed by atoms with Gasteiger partial charge in [0.05, 0.1) is 18.1 Å². The molecule has 0 aliphatic carbocycles. The zero-order chi connectivity index (χ0) is 21.2. The molecule has 0 bridgehead atoms. The maximum atomic E-state index is 12.1. The standard InChI is InChI=1S/C20H26N8O3/c29-19-16(10-21-20(30)24-19)28-12-15-17(25-28)22-13-23-18(15)27-7-4-14(11-27)31-9-8-26-5-2-1-3-6-26/h10,12-14H,1-9,11H2,(H2,21,24,29,30). The highest BCUT2D eigenvalue weighted by Gasteiger charge is 2.26. The summed E-state index contributed by atoms with van der Waals surface area (Å²) in [6.07, 6.45) is 9.58. The summed E-state index contributed by atoms with van der Waals surface area (Å²) in [5.74, 6) is 0.777. The Labute approximate surface area is 178 Å². The number of piperidine rings is 1. The van der Waals surface area contributed by atoms with Crippen LogP contribution < -0.4 is 16.1 Å². The van der Waals surface area contributed by atoms with Crippen LogP contribution in [-0.4, -0.2) is 80.1 Å². The molecule has 2 saturated heterocycles. The Balaban J connectivity index is 1.28. The van der Waals surface area contributed by atoms with E-state index in [-0.39, 0.29) is 11.8 Å². The Bertz CT molecular complexity index is 1160. The fraction of sp³-hybridized carbons (Fsp3) is 0.550. The van der Waals surface area contributed by atoms with E-state index in [4.69, 9.17) is 4.74 Å². The Kier molecular flexibility index (Phi) is 5.51. The van der Waals surface area contributed by atoms with Gasteiger partial charge in [0.25, 0.3) is 5.56 Å². The first kappa shape index (κ1) is 19.9.